The van der Waals surface area contributed by atoms with Crippen LogP contribution in [0.3, 0.4) is 0 Å². The molecule has 1 saturated heterocycles. The molecule has 2 amide bonds. The second-order valence-corrected chi connectivity index (χ2v) is 4.44. The Morgan fingerprint density at radius 3 is 2.65 bits per heavy atom. The van der Waals surface area contributed by atoms with Crippen LogP contribution >= 0.6 is 0 Å². The highest BCUT2D eigenvalue weighted by molar-refractivity contribution is 5.94. The van der Waals surface area contributed by atoms with E-state index in [1.54, 1.807) is 0 Å². The zero-order chi connectivity index (χ0) is 14.8. The maximum atomic E-state index is 12.3. The smallest absolute Gasteiger partial charge is 0.354 e. The summed E-state index contributed by atoms with van der Waals surface area (Å²) in [7, 11) is 0. The summed E-state index contributed by atoms with van der Waals surface area (Å²) in [5.41, 5.74) is -0.992. The minimum Gasteiger partial charge on any atom is -0.354 e. The molecule has 0 aliphatic carbocycles. The summed E-state index contributed by atoms with van der Waals surface area (Å²) < 4.78 is 37.0. The summed E-state index contributed by atoms with van der Waals surface area (Å²) in [6, 6.07) is 1.62. The van der Waals surface area contributed by atoms with Crippen molar-refractivity contribution in [1.29, 1.82) is 0 Å². The number of carbonyl (C=O) groups is 2. The molecule has 1 unspecified atom stereocenters. The fourth-order valence-corrected chi connectivity index (χ4v) is 1.82. The lowest BCUT2D eigenvalue weighted by molar-refractivity contribution is -0.141. The molecule has 0 radical (unpaired) electrons. The van der Waals surface area contributed by atoms with E-state index in [4.69, 9.17) is 0 Å². The van der Waals surface area contributed by atoms with E-state index in [9.17, 15) is 22.8 Å². The van der Waals surface area contributed by atoms with E-state index in [0.717, 1.165) is 18.3 Å². The van der Waals surface area contributed by atoms with E-state index in [0.29, 0.717) is 19.4 Å². The number of piperidine rings is 1. The number of amides is 2. The van der Waals surface area contributed by atoms with Crippen LogP contribution in [0.15, 0.2) is 18.3 Å². The molecule has 20 heavy (non-hydrogen) atoms. The zero-order valence-electron chi connectivity index (χ0n) is 10.3. The van der Waals surface area contributed by atoms with E-state index >= 15 is 0 Å². The van der Waals surface area contributed by atoms with Gasteiger partial charge in [-0.15, -0.1) is 0 Å². The van der Waals surface area contributed by atoms with Gasteiger partial charge in [-0.25, -0.2) is 0 Å². The summed E-state index contributed by atoms with van der Waals surface area (Å²) >= 11 is 0. The number of alkyl halides is 3. The summed E-state index contributed by atoms with van der Waals surface area (Å²) in [6.07, 6.45) is -2.82. The lowest BCUT2D eigenvalue weighted by Gasteiger charge is -2.23. The van der Waals surface area contributed by atoms with Crippen molar-refractivity contribution in [2.75, 3.05) is 6.54 Å². The summed E-state index contributed by atoms with van der Waals surface area (Å²) in [4.78, 5) is 26.0. The monoisotopic (exact) mass is 287 g/mol. The van der Waals surface area contributed by atoms with Crippen LogP contribution in [-0.2, 0) is 11.0 Å². The average molecular weight is 287 g/mol. The highest BCUT2D eigenvalue weighted by atomic mass is 19.4. The highest BCUT2D eigenvalue weighted by Crippen LogP contribution is 2.27. The summed E-state index contributed by atoms with van der Waals surface area (Å²) in [6.45, 7) is 0.318. The maximum Gasteiger partial charge on any atom is 0.433 e. The second-order valence-electron chi connectivity index (χ2n) is 4.44. The number of hydrogen-bond donors (Lipinski definition) is 2. The number of rotatable bonds is 2. The largest absolute Gasteiger partial charge is 0.433 e. The fraction of sp³-hybridized carbons (Fsp3) is 0.417. The Morgan fingerprint density at radius 2 is 2.15 bits per heavy atom. The van der Waals surface area contributed by atoms with Crippen molar-refractivity contribution in [2.45, 2.75) is 25.1 Å². The molecular weight excluding hydrogens is 275 g/mol. The number of aromatic nitrogens is 1. The van der Waals surface area contributed by atoms with Crippen LogP contribution in [0.25, 0.3) is 0 Å². The van der Waals surface area contributed by atoms with Gasteiger partial charge in [-0.3, -0.25) is 14.6 Å². The lowest BCUT2D eigenvalue weighted by atomic mass is 10.1. The third-order valence-electron chi connectivity index (χ3n) is 2.92. The molecule has 8 heteroatoms. The zero-order valence-corrected chi connectivity index (χ0v) is 10.3. The third kappa shape index (κ3) is 3.46. The van der Waals surface area contributed by atoms with Crippen molar-refractivity contribution in [1.82, 2.24) is 15.6 Å². The van der Waals surface area contributed by atoms with Crippen LogP contribution in [0.1, 0.15) is 28.9 Å². The predicted octanol–water partition coefficient (Wildman–Crippen LogP) is 1.11. The number of carbonyl (C=O) groups excluding carboxylic acids is 2. The summed E-state index contributed by atoms with van der Waals surface area (Å²) in [5, 5.41) is 5.24. The molecule has 1 atom stereocenters. The van der Waals surface area contributed by atoms with Gasteiger partial charge in [0, 0.05) is 25.2 Å². The van der Waals surface area contributed by atoms with E-state index in [1.165, 1.54) is 0 Å². The van der Waals surface area contributed by atoms with Crippen LogP contribution in [0.2, 0.25) is 0 Å². The minimum atomic E-state index is -4.53. The Hall–Kier alpha value is -2.12. The van der Waals surface area contributed by atoms with Crippen molar-refractivity contribution in [3.63, 3.8) is 0 Å². The first-order valence-electron chi connectivity index (χ1n) is 5.97. The molecule has 0 aromatic carbocycles. The van der Waals surface area contributed by atoms with Gasteiger partial charge in [0.1, 0.15) is 5.69 Å². The van der Waals surface area contributed by atoms with Gasteiger partial charge < -0.3 is 10.6 Å². The number of nitrogens with zero attached hydrogens (tertiary/aromatic N) is 1. The lowest BCUT2D eigenvalue weighted by Crippen LogP contribution is -2.47. The molecule has 1 aromatic rings. The normalized spacial score (nSPS) is 19.4. The molecule has 0 saturated carbocycles. The fourth-order valence-electron chi connectivity index (χ4n) is 1.82. The first-order chi connectivity index (χ1) is 9.36. The van der Waals surface area contributed by atoms with Gasteiger partial charge in [-0.2, -0.15) is 13.2 Å². The van der Waals surface area contributed by atoms with Crippen molar-refractivity contribution in [3.8, 4) is 0 Å². The van der Waals surface area contributed by atoms with Crippen molar-refractivity contribution >= 4 is 11.8 Å². The number of pyridine rings is 1. The van der Waals surface area contributed by atoms with Crippen molar-refractivity contribution in [3.05, 3.63) is 29.6 Å². The van der Waals surface area contributed by atoms with Gasteiger partial charge in [0.15, 0.2) is 0 Å². The Balaban J connectivity index is 1.97. The van der Waals surface area contributed by atoms with E-state index < -0.39 is 17.8 Å². The van der Waals surface area contributed by atoms with Gasteiger partial charge >= 0.3 is 6.18 Å². The van der Waals surface area contributed by atoms with Gasteiger partial charge in [-0.05, 0) is 18.6 Å². The Labute approximate surface area is 112 Å². The molecule has 2 heterocycles. The first kappa shape index (κ1) is 14.3. The molecule has 1 aromatic heterocycles. The molecule has 0 spiro atoms. The second kappa shape index (κ2) is 5.48. The Bertz CT molecular complexity index is 504. The maximum absolute atomic E-state index is 12.3. The average Bonchev–Trinajstić information content (AvgIpc) is 2.40. The number of nitrogens with one attached hydrogen (secondary N) is 2. The van der Waals surface area contributed by atoms with Gasteiger partial charge in [0.05, 0.1) is 5.56 Å². The predicted molar refractivity (Wildman–Crippen MR) is 62.7 cm³/mol. The van der Waals surface area contributed by atoms with Gasteiger partial charge in [0.2, 0.25) is 5.91 Å². The SMILES string of the molecule is O=C1CCC(NC(=O)c2ccc(C(F)(F)F)nc2)CN1. The topological polar surface area (TPSA) is 71.1 Å². The molecule has 2 rings (SSSR count). The Kier molecular flexibility index (Phi) is 3.91. The van der Waals surface area contributed by atoms with E-state index in [-0.39, 0.29) is 17.5 Å². The van der Waals surface area contributed by atoms with Crippen LogP contribution < -0.4 is 10.6 Å². The quantitative estimate of drug-likeness (QED) is 0.856. The third-order valence-corrected chi connectivity index (χ3v) is 2.92. The summed E-state index contributed by atoms with van der Waals surface area (Å²) in [5.74, 6) is -0.584. The van der Waals surface area contributed by atoms with Gasteiger partial charge in [0.25, 0.3) is 5.91 Å². The minimum absolute atomic E-state index is 0.0508. The molecule has 108 valence electrons. The van der Waals surface area contributed by atoms with Crippen LogP contribution in [0, 0.1) is 0 Å². The first-order valence-corrected chi connectivity index (χ1v) is 5.97. The molecule has 2 N–H and O–H groups in total. The van der Waals surface area contributed by atoms with E-state index in [2.05, 4.69) is 15.6 Å². The molecule has 1 fully saturated rings. The standard InChI is InChI=1S/C12H12F3N3O2/c13-12(14,15)9-3-1-7(5-16-9)11(20)18-8-2-4-10(19)17-6-8/h1,3,5,8H,2,4,6H2,(H,17,19)(H,18,20). The van der Waals surface area contributed by atoms with E-state index in [1.807, 2.05) is 0 Å². The van der Waals surface area contributed by atoms with Crippen molar-refractivity contribution < 1.29 is 22.8 Å². The molecule has 0 bridgehead atoms. The van der Waals surface area contributed by atoms with Gasteiger partial charge in [-0.1, -0.05) is 0 Å². The number of halogens is 3. The highest BCUT2D eigenvalue weighted by Gasteiger charge is 2.32. The van der Waals surface area contributed by atoms with Crippen LogP contribution in [0.4, 0.5) is 13.2 Å². The molecular formula is C12H12F3N3O2. The van der Waals surface area contributed by atoms with Crippen molar-refractivity contribution in [2.24, 2.45) is 0 Å². The molecule has 1 aliphatic rings. The molecule has 1 aliphatic heterocycles. The van der Waals surface area contributed by atoms with Crippen LogP contribution in [-0.4, -0.2) is 29.4 Å². The molecule has 5 nitrogen and oxygen atoms in total. The van der Waals surface area contributed by atoms with Crippen LogP contribution in [0.5, 0.6) is 0 Å². The number of hydrogen-bond acceptors (Lipinski definition) is 3. The Morgan fingerprint density at radius 1 is 1.40 bits per heavy atom.